The quantitative estimate of drug-likeness (QED) is 0.775. The molecule has 0 amide bonds. The molecule has 2 unspecified atom stereocenters. The Balaban J connectivity index is 2.28. The number of nitrogens with zero attached hydrogens (tertiary/aromatic N) is 1. The fourth-order valence-electron chi connectivity index (χ4n) is 2.92. The van der Waals surface area contributed by atoms with Crippen molar-refractivity contribution in [1.29, 1.82) is 0 Å². The molecule has 3 nitrogen and oxygen atoms in total. The van der Waals surface area contributed by atoms with Crippen LogP contribution < -0.4 is 0 Å². The van der Waals surface area contributed by atoms with E-state index in [1.165, 1.54) is 0 Å². The van der Waals surface area contributed by atoms with Crippen molar-refractivity contribution < 1.29 is 22.7 Å². The topological polar surface area (TPSA) is 39.2 Å². The fourth-order valence-corrected chi connectivity index (χ4v) is 3.73. The highest BCUT2D eigenvalue weighted by molar-refractivity contribution is 7.13. The summed E-state index contributed by atoms with van der Waals surface area (Å²) in [5.74, 6) is -0.0341. The molecule has 21 heavy (non-hydrogen) atoms. The molecule has 0 N–H and O–H groups in total. The normalized spacial score (nSPS) is 26.8. The second-order valence-corrected chi connectivity index (χ2v) is 6.52. The number of carbonyl (C=O) groups is 1. The molecule has 1 aromatic rings. The van der Waals surface area contributed by atoms with E-state index in [0.717, 1.165) is 19.0 Å². The smallest absolute Gasteiger partial charge is 0.367 e. The first-order valence-corrected chi connectivity index (χ1v) is 7.82. The number of halogens is 3. The van der Waals surface area contributed by atoms with Gasteiger partial charge in [0.25, 0.3) is 0 Å². The number of aromatic nitrogens is 1. The summed E-state index contributed by atoms with van der Waals surface area (Å²) in [6, 6.07) is 0. The average Bonchev–Trinajstić information content (AvgIpc) is 2.87. The van der Waals surface area contributed by atoms with Crippen molar-refractivity contribution in [2.45, 2.75) is 51.3 Å². The summed E-state index contributed by atoms with van der Waals surface area (Å²) in [6.07, 6.45) is -0.518. The van der Waals surface area contributed by atoms with Gasteiger partial charge in [0, 0.05) is 12.8 Å². The molecule has 7 heteroatoms. The molecule has 1 aliphatic carbocycles. The second-order valence-electron chi connectivity index (χ2n) is 5.49. The summed E-state index contributed by atoms with van der Waals surface area (Å²) in [5.41, 5.74) is -0.984. The highest BCUT2D eigenvalue weighted by Gasteiger charge is 2.44. The van der Waals surface area contributed by atoms with Gasteiger partial charge in [-0.2, -0.15) is 13.2 Å². The molecule has 2 atom stereocenters. The number of Topliss-reactive ketones (excluding diaryl/α,β-unsaturated/α-hetero) is 1. The van der Waals surface area contributed by atoms with Gasteiger partial charge in [-0.1, -0.05) is 13.3 Å². The van der Waals surface area contributed by atoms with E-state index in [2.05, 4.69) is 4.98 Å². The molecule has 118 valence electrons. The number of ketones is 1. The Hall–Kier alpha value is -0.950. The maximum Gasteiger partial charge on any atom is 0.443 e. The number of rotatable bonds is 4. The van der Waals surface area contributed by atoms with E-state index in [1.807, 2.05) is 6.92 Å². The van der Waals surface area contributed by atoms with Gasteiger partial charge in [0.2, 0.25) is 5.78 Å². The van der Waals surface area contributed by atoms with Gasteiger partial charge in [0.15, 0.2) is 5.01 Å². The summed E-state index contributed by atoms with van der Waals surface area (Å²) in [5, 5.41) is -0.985. The molecule has 1 aliphatic rings. The zero-order chi connectivity index (χ0) is 15.7. The van der Waals surface area contributed by atoms with Crippen molar-refractivity contribution in [2.75, 3.05) is 6.61 Å². The van der Waals surface area contributed by atoms with E-state index >= 15 is 0 Å². The minimum atomic E-state index is -4.51. The van der Waals surface area contributed by atoms with Crippen LogP contribution in [0.4, 0.5) is 13.2 Å². The molecular weight excluding hydrogens is 303 g/mol. The largest absolute Gasteiger partial charge is 0.443 e. The lowest BCUT2D eigenvalue weighted by molar-refractivity contribution is -0.137. The molecule has 1 fully saturated rings. The van der Waals surface area contributed by atoms with E-state index in [4.69, 9.17) is 4.74 Å². The van der Waals surface area contributed by atoms with Crippen molar-refractivity contribution >= 4 is 17.1 Å². The SMILES string of the molecule is CCOC1(C(=O)c2cnc(C(F)(F)F)s2)CCCC(C)C1. The Morgan fingerprint density at radius 2 is 2.29 bits per heavy atom. The van der Waals surface area contributed by atoms with E-state index in [-0.39, 0.29) is 10.7 Å². The first kappa shape index (κ1) is 16.4. The Morgan fingerprint density at radius 1 is 1.57 bits per heavy atom. The van der Waals surface area contributed by atoms with Crippen molar-refractivity contribution in [3.05, 3.63) is 16.1 Å². The van der Waals surface area contributed by atoms with Gasteiger partial charge >= 0.3 is 6.18 Å². The van der Waals surface area contributed by atoms with E-state index in [0.29, 0.717) is 36.7 Å². The minimum Gasteiger partial charge on any atom is -0.367 e. The van der Waals surface area contributed by atoms with Crippen molar-refractivity contribution in [1.82, 2.24) is 4.98 Å². The Bertz CT molecular complexity index is 511. The van der Waals surface area contributed by atoms with Crippen molar-refractivity contribution in [3.8, 4) is 0 Å². The summed E-state index contributed by atoms with van der Waals surface area (Å²) in [7, 11) is 0. The van der Waals surface area contributed by atoms with Crippen LogP contribution in [0, 0.1) is 5.92 Å². The molecule has 0 bridgehead atoms. The first-order chi connectivity index (χ1) is 9.78. The van der Waals surface area contributed by atoms with E-state index in [9.17, 15) is 18.0 Å². The molecule has 0 saturated heterocycles. The molecule has 2 rings (SSSR count). The van der Waals surface area contributed by atoms with Gasteiger partial charge in [-0.05, 0) is 32.1 Å². The number of carbonyl (C=O) groups excluding carboxylic acids is 1. The Labute approximate surface area is 125 Å². The van der Waals surface area contributed by atoms with Crippen molar-refractivity contribution in [2.24, 2.45) is 5.92 Å². The van der Waals surface area contributed by atoms with E-state index in [1.54, 1.807) is 6.92 Å². The third kappa shape index (κ3) is 3.45. The van der Waals surface area contributed by atoms with Crippen LogP contribution >= 0.6 is 11.3 Å². The predicted octanol–water partition coefficient (Wildman–Crippen LogP) is 4.33. The summed E-state index contributed by atoms with van der Waals surface area (Å²) in [4.78, 5) is 16.0. The fraction of sp³-hybridized carbons (Fsp3) is 0.714. The van der Waals surface area contributed by atoms with Gasteiger partial charge in [-0.3, -0.25) is 4.79 Å². The third-order valence-corrected chi connectivity index (χ3v) is 4.80. The van der Waals surface area contributed by atoms with Crippen LogP contribution in [-0.2, 0) is 10.9 Å². The van der Waals surface area contributed by atoms with Crippen LogP contribution in [0.25, 0.3) is 0 Å². The Kier molecular flexibility index (Phi) is 4.72. The lowest BCUT2D eigenvalue weighted by Gasteiger charge is -2.38. The standard InChI is InChI=1S/C14H18F3NO2S/c1-3-20-13(6-4-5-9(2)7-13)11(19)10-8-18-12(21-10)14(15,16)17/h8-9H,3-7H2,1-2H3. The van der Waals surface area contributed by atoms with Gasteiger partial charge < -0.3 is 4.74 Å². The summed E-state index contributed by atoms with van der Waals surface area (Å²) in [6.45, 7) is 4.19. The lowest BCUT2D eigenvalue weighted by atomic mass is 9.76. The van der Waals surface area contributed by atoms with Crippen molar-refractivity contribution in [3.63, 3.8) is 0 Å². The van der Waals surface area contributed by atoms with Crippen LogP contribution in [0.5, 0.6) is 0 Å². The van der Waals surface area contributed by atoms with Gasteiger partial charge in [-0.25, -0.2) is 4.98 Å². The maximum atomic E-state index is 12.7. The van der Waals surface area contributed by atoms with E-state index < -0.39 is 16.8 Å². The average molecular weight is 321 g/mol. The third-order valence-electron chi connectivity index (χ3n) is 3.76. The second kappa shape index (κ2) is 6.04. The Morgan fingerprint density at radius 3 is 2.81 bits per heavy atom. The number of hydrogen-bond donors (Lipinski definition) is 0. The van der Waals surface area contributed by atoms with Gasteiger partial charge in [-0.15, -0.1) is 11.3 Å². The van der Waals surface area contributed by atoms with Crippen LogP contribution in [0.15, 0.2) is 6.20 Å². The minimum absolute atomic E-state index is 0.0323. The first-order valence-electron chi connectivity index (χ1n) is 7.00. The molecular formula is C14H18F3NO2S. The predicted molar refractivity (Wildman–Crippen MR) is 73.4 cm³/mol. The van der Waals surface area contributed by atoms with Crippen LogP contribution in [0.1, 0.15) is 54.2 Å². The molecule has 1 saturated carbocycles. The molecule has 0 aliphatic heterocycles. The highest BCUT2D eigenvalue weighted by Crippen LogP contribution is 2.40. The number of thiazole rings is 1. The number of ether oxygens (including phenoxy) is 1. The number of alkyl halides is 3. The molecule has 0 spiro atoms. The van der Waals surface area contributed by atoms with Crippen LogP contribution in [0.3, 0.4) is 0 Å². The summed E-state index contributed by atoms with van der Waals surface area (Å²) < 4.78 is 43.6. The van der Waals surface area contributed by atoms with Gasteiger partial charge in [0.1, 0.15) is 5.60 Å². The van der Waals surface area contributed by atoms with Gasteiger partial charge in [0.05, 0.1) is 4.88 Å². The zero-order valence-electron chi connectivity index (χ0n) is 12.0. The molecule has 0 aromatic carbocycles. The maximum absolute atomic E-state index is 12.7. The lowest BCUT2D eigenvalue weighted by Crippen LogP contribution is -2.45. The summed E-state index contributed by atoms with van der Waals surface area (Å²) >= 11 is 0.402. The molecule has 0 radical (unpaired) electrons. The highest BCUT2D eigenvalue weighted by atomic mass is 32.1. The van der Waals surface area contributed by atoms with Crippen LogP contribution in [-0.4, -0.2) is 23.0 Å². The monoisotopic (exact) mass is 321 g/mol. The number of hydrogen-bond acceptors (Lipinski definition) is 4. The zero-order valence-corrected chi connectivity index (χ0v) is 12.8. The van der Waals surface area contributed by atoms with Crippen LogP contribution in [0.2, 0.25) is 0 Å². The molecule has 1 aromatic heterocycles. The molecule has 1 heterocycles.